The van der Waals surface area contributed by atoms with Crippen LogP contribution in [0.3, 0.4) is 0 Å². The van der Waals surface area contributed by atoms with Crippen LogP contribution in [0.15, 0.2) is 11.6 Å². The van der Waals surface area contributed by atoms with Crippen molar-refractivity contribution in [3.8, 4) is 0 Å². The molecule has 0 amide bonds. The molecule has 4 aliphatic rings. The first kappa shape index (κ1) is 36.8. The number of hydrogen-bond donors (Lipinski definition) is 15. The van der Waals surface area contributed by atoms with Crippen molar-refractivity contribution in [2.45, 2.75) is 116 Å². The molecule has 0 unspecified atom stereocenters. The molecule has 0 radical (unpaired) electrons. The van der Waals surface area contributed by atoms with E-state index < -0.39 is 143 Å². The highest BCUT2D eigenvalue weighted by Crippen LogP contribution is 2.32. The predicted molar refractivity (Wildman–Crippen MR) is 139 cm³/mol. The summed E-state index contributed by atoms with van der Waals surface area (Å²) in [5.41, 5.74) is -0.0350. The minimum atomic E-state index is -1.98. The van der Waals surface area contributed by atoms with Gasteiger partial charge in [-0.3, -0.25) is 0 Å². The zero-order valence-corrected chi connectivity index (χ0v) is 23.7. The van der Waals surface area contributed by atoms with Crippen molar-refractivity contribution in [1.82, 2.24) is 5.32 Å². The molecule has 0 saturated carbocycles. The van der Waals surface area contributed by atoms with Crippen molar-refractivity contribution < 1.29 is 95.2 Å². The monoisotopic (exact) mass is 661 g/mol. The first-order chi connectivity index (χ1) is 21.3. The van der Waals surface area contributed by atoms with Gasteiger partial charge in [0, 0.05) is 0 Å². The molecule has 45 heavy (non-hydrogen) atoms. The Labute approximate surface area is 255 Å². The molecular formula is C25H43NO19. The summed E-state index contributed by atoms with van der Waals surface area (Å²) in [7, 11) is 0. The zero-order chi connectivity index (χ0) is 33.3. The molecule has 20 heteroatoms. The van der Waals surface area contributed by atoms with E-state index in [0.29, 0.717) is 0 Å². The molecule has 0 aromatic rings. The lowest BCUT2D eigenvalue weighted by Gasteiger charge is -2.49. The van der Waals surface area contributed by atoms with Gasteiger partial charge in [0.25, 0.3) is 0 Å². The molecular weight excluding hydrogens is 618 g/mol. The fourth-order valence-corrected chi connectivity index (χ4v) is 5.85. The summed E-state index contributed by atoms with van der Waals surface area (Å²) in [4.78, 5) is 0. The smallest absolute Gasteiger partial charge is 0.187 e. The normalized spacial score (nSPS) is 51.2. The van der Waals surface area contributed by atoms with Crippen LogP contribution in [-0.4, -0.2) is 214 Å². The summed E-state index contributed by atoms with van der Waals surface area (Å²) >= 11 is 0. The average molecular weight is 662 g/mol. The molecule has 1 aliphatic carbocycles. The minimum Gasteiger partial charge on any atom is -0.394 e. The van der Waals surface area contributed by atoms with Gasteiger partial charge in [0.05, 0.1) is 38.5 Å². The maximum atomic E-state index is 10.9. The van der Waals surface area contributed by atoms with E-state index in [2.05, 4.69) is 5.32 Å². The van der Waals surface area contributed by atoms with Crippen LogP contribution < -0.4 is 5.32 Å². The summed E-state index contributed by atoms with van der Waals surface area (Å²) in [6, 6.07) is -2.51. The minimum absolute atomic E-state index is 0.0350. The highest BCUT2D eigenvalue weighted by atomic mass is 16.7. The topological polar surface area (TPSA) is 341 Å². The molecule has 3 fully saturated rings. The predicted octanol–water partition coefficient (Wildman–Crippen LogP) is -9.59. The average Bonchev–Trinajstić information content (AvgIpc) is 3.03. The fourth-order valence-electron chi connectivity index (χ4n) is 5.85. The lowest BCUT2D eigenvalue weighted by atomic mass is 9.86. The third-order valence-electron chi connectivity index (χ3n) is 8.51. The largest absolute Gasteiger partial charge is 0.394 e. The second-order valence-corrected chi connectivity index (χ2v) is 11.4. The van der Waals surface area contributed by atoms with E-state index in [1.165, 1.54) is 6.08 Å². The number of aliphatic hydroxyl groups is 14. The number of hydrogen-bond acceptors (Lipinski definition) is 20. The van der Waals surface area contributed by atoms with E-state index >= 15 is 0 Å². The van der Waals surface area contributed by atoms with Crippen LogP contribution in [0.4, 0.5) is 0 Å². The molecule has 0 aromatic carbocycles. The molecule has 0 bridgehead atoms. The summed E-state index contributed by atoms with van der Waals surface area (Å²) in [6.45, 7) is -3.13. The number of ether oxygens (including phenoxy) is 5. The SMILES string of the molecule is OCC1=C[C@@H](N[C@@H]2[C@@H](O)[C@H](O)[C@H](O[C@@H]3[C@@H](O)[C@H](O)[C@@H](O[C@@H]4[C@@H](O)[C@H](O)[C@H](O)O[C@H]4CO)O[C@H]3CO)O[C@H]2CO)[C@@H](O)[C@H](O)[C@@H]1O. The van der Waals surface area contributed by atoms with Gasteiger partial charge in [0.15, 0.2) is 18.9 Å². The third kappa shape index (κ3) is 7.35. The zero-order valence-electron chi connectivity index (χ0n) is 23.7. The Balaban J connectivity index is 1.45. The first-order valence-corrected chi connectivity index (χ1v) is 14.3. The molecule has 3 aliphatic heterocycles. The number of nitrogens with one attached hydrogen (secondary N) is 1. The van der Waals surface area contributed by atoms with Crippen LogP contribution in [0.25, 0.3) is 0 Å². The van der Waals surface area contributed by atoms with Crippen LogP contribution >= 0.6 is 0 Å². The second-order valence-electron chi connectivity index (χ2n) is 11.4. The van der Waals surface area contributed by atoms with Crippen LogP contribution in [-0.2, 0) is 23.7 Å². The summed E-state index contributed by atoms with van der Waals surface area (Å²) in [5.74, 6) is 0. The number of aliphatic hydroxyl groups excluding tert-OH is 14. The fraction of sp³-hybridized carbons (Fsp3) is 0.920. The van der Waals surface area contributed by atoms with Gasteiger partial charge in [-0.25, -0.2) is 0 Å². The molecule has 0 spiro atoms. The molecule has 262 valence electrons. The van der Waals surface area contributed by atoms with Gasteiger partial charge in [-0.05, 0) is 5.57 Å². The van der Waals surface area contributed by atoms with E-state index in [9.17, 15) is 71.5 Å². The van der Waals surface area contributed by atoms with Gasteiger partial charge < -0.3 is 100 Å². The van der Waals surface area contributed by atoms with Crippen molar-refractivity contribution >= 4 is 0 Å². The summed E-state index contributed by atoms with van der Waals surface area (Å²) in [6.07, 6.45) is -28.1. The van der Waals surface area contributed by atoms with Crippen molar-refractivity contribution in [3.63, 3.8) is 0 Å². The van der Waals surface area contributed by atoms with Crippen LogP contribution in [0.1, 0.15) is 0 Å². The Morgan fingerprint density at radius 2 is 1.04 bits per heavy atom. The molecule has 15 N–H and O–H groups in total. The molecule has 0 aromatic heterocycles. The van der Waals surface area contributed by atoms with Gasteiger partial charge >= 0.3 is 0 Å². The van der Waals surface area contributed by atoms with E-state index in [1.807, 2.05) is 0 Å². The lowest BCUT2D eigenvalue weighted by molar-refractivity contribution is -0.374. The second kappa shape index (κ2) is 15.4. The Morgan fingerprint density at radius 3 is 1.58 bits per heavy atom. The van der Waals surface area contributed by atoms with Crippen LogP contribution in [0.2, 0.25) is 0 Å². The van der Waals surface area contributed by atoms with E-state index in [0.717, 1.165) is 0 Å². The summed E-state index contributed by atoms with van der Waals surface area (Å²) in [5, 5.41) is 146. The molecule has 19 atom stereocenters. The lowest BCUT2D eigenvalue weighted by Crippen LogP contribution is -2.69. The van der Waals surface area contributed by atoms with Gasteiger partial charge in [0.1, 0.15) is 85.5 Å². The maximum Gasteiger partial charge on any atom is 0.187 e. The van der Waals surface area contributed by atoms with Crippen LogP contribution in [0, 0.1) is 0 Å². The van der Waals surface area contributed by atoms with Gasteiger partial charge in [-0.2, -0.15) is 0 Å². The maximum absolute atomic E-state index is 10.9. The van der Waals surface area contributed by atoms with Gasteiger partial charge in [-0.15, -0.1) is 0 Å². The van der Waals surface area contributed by atoms with Crippen molar-refractivity contribution in [3.05, 3.63) is 11.6 Å². The molecule has 4 rings (SSSR count). The van der Waals surface area contributed by atoms with Gasteiger partial charge in [-0.1, -0.05) is 6.08 Å². The Bertz CT molecular complexity index is 973. The molecule has 20 nitrogen and oxygen atoms in total. The highest BCUT2D eigenvalue weighted by molar-refractivity contribution is 5.22. The standard InChI is InChI=1S/C25H43NO19/c27-2-6-1-7(13(32)15(34)12(6)31)26-11-8(3-28)42-24(19(38)14(11)33)45-22-10(5-30)43-25(20(39)17(22)36)44-21-9(4-29)41-23(40)18(37)16(21)35/h1,7-40H,2-5H2/t7-,8+,9+,10+,11+,12-,13-,14-,15-,16+,17+,18+,19+,20+,21+,22+,23-,24+,25-/m1/s1. The molecule has 3 heterocycles. The van der Waals surface area contributed by atoms with E-state index in [1.54, 1.807) is 0 Å². The third-order valence-corrected chi connectivity index (χ3v) is 8.51. The Kier molecular flexibility index (Phi) is 12.6. The summed E-state index contributed by atoms with van der Waals surface area (Å²) < 4.78 is 27.2. The van der Waals surface area contributed by atoms with E-state index in [4.69, 9.17) is 23.7 Å². The van der Waals surface area contributed by atoms with Crippen molar-refractivity contribution in [2.75, 3.05) is 26.4 Å². The van der Waals surface area contributed by atoms with Gasteiger partial charge in [0.2, 0.25) is 0 Å². The Morgan fingerprint density at radius 1 is 0.556 bits per heavy atom. The van der Waals surface area contributed by atoms with E-state index in [-0.39, 0.29) is 5.57 Å². The van der Waals surface area contributed by atoms with Crippen molar-refractivity contribution in [1.29, 1.82) is 0 Å². The molecule has 3 saturated heterocycles. The Hall–Kier alpha value is -1.06. The van der Waals surface area contributed by atoms with Crippen molar-refractivity contribution in [2.24, 2.45) is 0 Å². The quantitative estimate of drug-likeness (QED) is 0.0966. The first-order valence-electron chi connectivity index (χ1n) is 14.3. The highest BCUT2D eigenvalue weighted by Gasteiger charge is 2.54. The number of rotatable bonds is 10. The van der Waals surface area contributed by atoms with Crippen LogP contribution in [0.5, 0.6) is 0 Å².